The van der Waals surface area contributed by atoms with E-state index in [0.717, 1.165) is 44.1 Å². The standard InChI is InChI=1S/C32H43NO4/c1-27(2)22-9-10-31(6)23(30(22,5)16-19(18-33)25(27)35)15-21(34)24-20-17-29(4,26(36)37-8)12-11-28(20,3)13-14-32(24,31)7/h15-16,20,22,24H,9-14,17H2,1-8H3/t20-,22-,24-,28+,29-,30-,31+,32+/m0/s1. The molecule has 5 rings (SSSR count). The lowest BCUT2D eigenvalue weighted by molar-refractivity contribution is -0.179. The second-order valence-electron chi connectivity index (χ2n) is 14.8. The van der Waals surface area contributed by atoms with E-state index in [1.807, 2.05) is 32.9 Å². The van der Waals surface area contributed by atoms with E-state index in [1.165, 1.54) is 7.11 Å². The van der Waals surface area contributed by atoms with Gasteiger partial charge in [0.05, 0.1) is 18.1 Å². The van der Waals surface area contributed by atoms with Gasteiger partial charge in [-0.25, -0.2) is 0 Å². The molecule has 0 saturated heterocycles. The first-order valence-corrected chi connectivity index (χ1v) is 14.1. The summed E-state index contributed by atoms with van der Waals surface area (Å²) in [7, 11) is 1.47. The number of allylic oxidation sites excluding steroid dienone is 4. The van der Waals surface area contributed by atoms with E-state index in [2.05, 4.69) is 33.8 Å². The Balaban J connectivity index is 1.67. The maximum Gasteiger partial charge on any atom is 0.311 e. The molecule has 0 aromatic rings. The Bertz CT molecular complexity index is 1200. The lowest BCUT2D eigenvalue weighted by Crippen LogP contribution is -2.64. The molecule has 3 saturated carbocycles. The fraction of sp³-hybridized carbons (Fsp3) is 0.750. The van der Waals surface area contributed by atoms with Crippen molar-refractivity contribution in [1.82, 2.24) is 0 Å². The number of nitriles is 1. The van der Waals surface area contributed by atoms with Crippen LogP contribution in [0.5, 0.6) is 0 Å². The third-order valence-electron chi connectivity index (χ3n) is 12.7. The van der Waals surface area contributed by atoms with Crippen molar-refractivity contribution < 1.29 is 19.1 Å². The first-order valence-electron chi connectivity index (χ1n) is 14.1. The van der Waals surface area contributed by atoms with Crippen LogP contribution in [0.15, 0.2) is 23.3 Å². The van der Waals surface area contributed by atoms with Crippen molar-refractivity contribution in [2.75, 3.05) is 7.11 Å². The fourth-order valence-corrected chi connectivity index (χ4v) is 10.2. The third-order valence-corrected chi connectivity index (χ3v) is 12.7. The number of hydrogen-bond donors (Lipinski definition) is 0. The van der Waals surface area contributed by atoms with Gasteiger partial charge in [0.1, 0.15) is 6.07 Å². The Hall–Kier alpha value is -2.22. The van der Waals surface area contributed by atoms with Crippen molar-refractivity contribution in [1.29, 1.82) is 5.26 Å². The molecule has 0 aromatic carbocycles. The molecule has 5 nitrogen and oxygen atoms in total. The molecule has 5 heteroatoms. The molecule has 0 unspecified atom stereocenters. The van der Waals surface area contributed by atoms with Gasteiger partial charge in [-0.1, -0.05) is 53.2 Å². The maximum absolute atomic E-state index is 14.3. The van der Waals surface area contributed by atoms with Gasteiger partial charge in [0, 0.05) is 16.7 Å². The van der Waals surface area contributed by atoms with Crippen LogP contribution in [0, 0.1) is 61.6 Å². The van der Waals surface area contributed by atoms with Crippen LogP contribution in [-0.4, -0.2) is 24.6 Å². The minimum Gasteiger partial charge on any atom is -0.469 e. The minimum atomic E-state index is -0.658. The zero-order valence-electron chi connectivity index (χ0n) is 23.9. The SMILES string of the molecule is COC(=O)[C@@]1(C)CC[C@]2(C)CC[C@]3(C)[C@H](C(=O)C=C4[C@@]5(C)C=C(C#N)C(=O)C(C)(C)[C@@H]5CC[C@]43C)[C@@H]2C1. The van der Waals surface area contributed by atoms with E-state index in [9.17, 15) is 19.6 Å². The second-order valence-corrected chi connectivity index (χ2v) is 14.8. The van der Waals surface area contributed by atoms with Crippen LogP contribution < -0.4 is 0 Å². The molecule has 37 heavy (non-hydrogen) atoms. The summed E-state index contributed by atoms with van der Waals surface area (Å²) in [6, 6.07) is 2.18. The molecule has 8 atom stereocenters. The lowest BCUT2D eigenvalue weighted by Gasteiger charge is -2.69. The monoisotopic (exact) mass is 505 g/mol. The highest BCUT2D eigenvalue weighted by atomic mass is 16.5. The number of Topliss-reactive ketones (excluding diaryl/α,β-unsaturated/α-hetero) is 1. The molecule has 0 aliphatic heterocycles. The molecule has 0 spiro atoms. The zero-order chi connectivity index (χ0) is 27.4. The summed E-state index contributed by atoms with van der Waals surface area (Å²) in [5, 5.41) is 9.86. The predicted molar refractivity (Wildman–Crippen MR) is 141 cm³/mol. The van der Waals surface area contributed by atoms with E-state index in [1.54, 1.807) is 0 Å². The number of ether oxygens (including phenoxy) is 1. The third kappa shape index (κ3) is 3.11. The van der Waals surface area contributed by atoms with E-state index < -0.39 is 16.2 Å². The van der Waals surface area contributed by atoms with Gasteiger partial charge in [-0.2, -0.15) is 5.26 Å². The fourth-order valence-electron chi connectivity index (χ4n) is 10.2. The van der Waals surface area contributed by atoms with Gasteiger partial charge < -0.3 is 4.74 Å². The van der Waals surface area contributed by atoms with Crippen molar-refractivity contribution in [3.8, 4) is 6.07 Å². The summed E-state index contributed by atoms with van der Waals surface area (Å²) in [5.41, 5.74) is -0.860. The molecule has 0 heterocycles. The highest BCUT2D eigenvalue weighted by Gasteiger charge is 2.69. The number of methoxy groups -OCH3 is 1. The summed E-state index contributed by atoms with van der Waals surface area (Å²) in [6.45, 7) is 15.1. The van der Waals surface area contributed by atoms with E-state index >= 15 is 0 Å². The van der Waals surface area contributed by atoms with Crippen molar-refractivity contribution in [3.05, 3.63) is 23.3 Å². The topological polar surface area (TPSA) is 84.2 Å². The van der Waals surface area contributed by atoms with Crippen molar-refractivity contribution in [2.24, 2.45) is 50.2 Å². The Morgan fingerprint density at radius 1 is 1.00 bits per heavy atom. The van der Waals surface area contributed by atoms with Crippen LogP contribution in [0.25, 0.3) is 0 Å². The molecule has 0 aromatic heterocycles. The average molecular weight is 506 g/mol. The van der Waals surface area contributed by atoms with Gasteiger partial charge in [0.15, 0.2) is 11.6 Å². The smallest absolute Gasteiger partial charge is 0.311 e. The molecule has 0 bridgehead atoms. The summed E-state index contributed by atoms with van der Waals surface area (Å²) in [6.07, 6.45) is 10.0. The number of carbonyl (C=O) groups is 3. The quantitative estimate of drug-likeness (QED) is 0.386. The van der Waals surface area contributed by atoms with E-state index in [0.29, 0.717) is 6.42 Å². The Kier molecular flexibility index (Phi) is 5.47. The van der Waals surface area contributed by atoms with Gasteiger partial charge in [0.25, 0.3) is 0 Å². The number of fused-ring (bicyclic) bond motifs is 7. The number of esters is 1. The first-order chi connectivity index (χ1) is 17.0. The number of carbonyl (C=O) groups excluding carboxylic acids is 3. The van der Waals surface area contributed by atoms with E-state index in [4.69, 9.17) is 4.74 Å². The molecule has 5 aliphatic rings. The molecule has 0 N–H and O–H groups in total. The van der Waals surface area contributed by atoms with E-state index in [-0.39, 0.29) is 57.1 Å². The molecule has 200 valence electrons. The van der Waals surface area contributed by atoms with Crippen molar-refractivity contribution >= 4 is 17.5 Å². The highest BCUT2D eigenvalue weighted by molar-refractivity contribution is 6.04. The summed E-state index contributed by atoms with van der Waals surface area (Å²) >= 11 is 0. The zero-order valence-corrected chi connectivity index (χ0v) is 23.9. The summed E-state index contributed by atoms with van der Waals surface area (Å²) in [4.78, 5) is 40.4. The van der Waals surface area contributed by atoms with Gasteiger partial charge in [0.2, 0.25) is 0 Å². The predicted octanol–water partition coefficient (Wildman–Crippen LogP) is 6.38. The Labute approximate surface area is 222 Å². The molecular formula is C32H43NO4. The number of rotatable bonds is 1. The van der Waals surface area contributed by atoms with Crippen molar-refractivity contribution in [3.63, 3.8) is 0 Å². The van der Waals surface area contributed by atoms with Crippen LogP contribution >= 0.6 is 0 Å². The van der Waals surface area contributed by atoms with Gasteiger partial charge in [-0.15, -0.1) is 0 Å². The minimum absolute atomic E-state index is 0.0311. The Morgan fingerprint density at radius 2 is 1.65 bits per heavy atom. The molecule has 3 fully saturated rings. The average Bonchev–Trinajstić information content (AvgIpc) is 2.83. The summed E-state index contributed by atoms with van der Waals surface area (Å²) in [5.74, 6) is -0.0607. The summed E-state index contributed by atoms with van der Waals surface area (Å²) < 4.78 is 5.22. The van der Waals surface area contributed by atoms with Gasteiger partial charge in [-0.3, -0.25) is 14.4 Å². The first kappa shape index (κ1) is 26.4. The van der Waals surface area contributed by atoms with Crippen LogP contribution in [0.1, 0.15) is 93.4 Å². The number of ketones is 2. The normalized spacial score (nSPS) is 48.2. The Morgan fingerprint density at radius 3 is 2.27 bits per heavy atom. The van der Waals surface area contributed by atoms with Crippen LogP contribution in [0.2, 0.25) is 0 Å². The number of hydrogen-bond acceptors (Lipinski definition) is 5. The van der Waals surface area contributed by atoms with Crippen LogP contribution in [0.4, 0.5) is 0 Å². The van der Waals surface area contributed by atoms with Gasteiger partial charge >= 0.3 is 5.97 Å². The molecular weight excluding hydrogens is 462 g/mol. The molecule has 5 aliphatic carbocycles. The van der Waals surface area contributed by atoms with Crippen LogP contribution in [-0.2, 0) is 19.1 Å². The van der Waals surface area contributed by atoms with Crippen LogP contribution in [0.3, 0.4) is 0 Å². The molecule has 0 radical (unpaired) electrons. The number of nitrogens with zero attached hydrogens (tertiary/aromatic N) is 1. The van der Waals surface area contributed by atoms with Gasteiger partial charge in [-0.05, 0) is 86.0 Å². The largest absolute Gasteiger partial charge is 0.469 e. The lowest BCUT2D eigenvalue weighted by atomic mass is 9.34. The maximum atomic E-state index is 14.3. The van der Waals surface area contributed by atoms with Crippen molar-refractivity contribution in [2.45, 2.75) is 93.4 Å². The highest BCUT2D eigenvalue weighted by Crippen LogP contribution is 2.74. The second kappa shape index (κ2) is 7.67. The molecule has 0 amide bonds.